The summed E-state index contributed by atoms with van der Waals surface area (Å²) >= 11 is 3.43. The molecule has 0 fully saturated rings. The number of hydrogen-bond acceptors (Lipinski definition) is 2. The van der Waals surface area contributed by atoms with Crippen LogP contribution < -0.4 is 5.32 Å². The Hall–Kier alpha value is -1.13. The number of hydrogen-bond donors (Lipinski definition) is 1. The fourth-order valence-electron chi connectivity index (χ4n) is 2.13. The average molecular weight is 336 g/mol. The van der Waals surface area contributed by atoms with Crippen molar-refractivity contribution in [1.82, 2.24) is 15.1 Å². The van der Waals surface area contributed by atoms with Crippen LogP contribution in [0.2, 0.25) is 0 Å². The van der Waals surface area contributed by atoms with Crippen LogP contribution in [-0.2, 0) is 13.0 Å². The average Bonchev–Trinajstić information content (AvgIpc) is 2.75. The van der Waals surface area contributed by atoms with Gasteiger partial charge in [-0.2, -0.15) is 5.10 Å². The third-order valence-corrected chi connectivity index (χ3v) is 3.51. The first-order valence-electron chi connectivity index (χ1n) is 6.94. The van der Waals surface area contributed by atoms with Crippen molar-refractivity contribution in [3.8, 4) is 0 Å². The molecule has 2 rings (SSSR count). The molecule has 0 aliphatic rings. The van der Waals surface area contributed by atoms with E-state index in [0.29, 0.717) is 0 Å². The molecule has 0 saturated carbocycles. The monoisotopic (exact) mass is 335 g/mol. The number of nitrogens with one attached hydrogen (secondary N) is 1. The Morgan fingerprint density at radius 1 is 1.20 bits per heavy atom. The van der Waals surface area contributed by atoms with Gasteiger partial charge in [0.25, 0.3) is 0 Å². The van der Waals surface area contributed by atoms with Gasteiger partial charge in [-0.05, 0) is 60.8 Å². The molecule has 1 aromatic carbocycles. The summed E-state index contributed by atoms with van der Waals surface area (Å²) in [4.78, 5) is 0. The van der Waals surface area contributed by atoms with Gasteiger partial charge in [0.05, 0.1) is 17.2 Å². The second-order valence-electron chi connectivity index (χ2n) is 6.05. The van der Waals surface area contributed by atoms with Crippen molar-refractivity contribution >= 4 is 15.9 Å². The van der Waals surface area contributed by atoms with Crippen molar-refractivity contribution in [2.24, 2.45) is 0 Å². The Balaban J connectivity index is 2.02. The van der Waals surface area contributed by atoms with Crippen LogP contribution in [0.3, 0.4) is 0 Å². The molecule has 0 spiro atoms. The predicted molar refractivity (Wildman–Crippen MR) is 86.9 cm³/mol. The summed E-state index contributed by atoms with van der Waals surface area (Å²) in [6.45, 7) is 8.39. The van der Waals surface area contributed by atoms with E-state index in [2.05, 4.69) is 71.4 Å². The number of halogens is 1. The molecule has 4 heteroatoms. The van der Waals surface area contributed by atoms with Crippen LogP contribution in [0.15, 0.2) is 41.1 Å². The van der Waals surface area contributed by atoms with Crippen LogP contribution in [0.1, 0.15) is 31.9 Å². The van der Waals surface area contributed by atoms with E-state index < -0.39 is 0 Å². The van der Waals surface area contributed by atoms with E-state index in [-0.39, 0.29) is 5.54 Å². The van der Waals surface area contributed by atoms with Crippen LogP contribution in [0.5, 0.6) is 0 Å². The highest BCUT2D eigenvalue weighted by Crippen LogP contribution is 2.13. The molecule has 3 nitrogen and oxygen atoms in total. The quantitative estimate of drug-likeness (QED) is 0.904. The molecule has 1 heterocycles. The van der Waals surface area contributed by atoms with E-state index in [9.17, 15) is 0 Å². The SMILES string of the molecule is CC(C)(C)NCCc1ccccc1Cn1cc(Br)cn1. The second-order valence-corrected chi connectivity index (χ2v) is 6.97. The van der Waals surface area contributed by atoms with E-state index in [1.54, 1.807) is 0 Å². The molecule has 0 bridgehead atoms. The zero-order valence-corrected chi connectivity index (χ0v) is 13.9. The summed E-state index contributed by atoms with van der Waals surface area (Å²) in [6.07, 6.45) is 4.86. The van der Waals surface area contributed by atoms with E-state index in [4.69, 9.17) is 0 Å². The Morgan fingerprint density at radius 2 is 1.90 bits per heavy atom. The van der Waals surface area contributed by atoms with E-state index in [0.717, 1.165) is 24.0 Å². The number of benzene rings is 1. The van der Waals surface area contributed by atoms with Crippen LogP contribution in [0, 0.1) is 0 Å². The van der Waals surface area contributed by atoms with Gasteiger partial charge in [-0.3, -0.25) is 4.68 Å². The Labute approximate surface area is 129 Å². The fourth-order valence-corrected chi connectivity index (χ4v) is 2.46. The van der Waals surface area contributed by atoms with E-state index in [1.165, 1.54) is 11.1 Å². The molecule has 0 amide bonds. The van der Waals surface area contributed by atoms with Gasteiger partial charge in [-0.25, -0.2) is 0 Å². The highest BCUT2D eigenvalue weighted by molar-refractivity contribution is 9.10. The first kappa shape index (κ1) is 15.3. The largest absolute Gasteiger partial charge is 0.312 e. The Morgan fingerprint density at radius 3 is 2.50 bits per heavy atom. The normalized spacial score (nSPS) is 11.8. The van der Waals surface area contributed by atoms with Crippen LogP contribution in [0.4, 0.5) is 0 Å². The van der Waals surface area contributed by atoms with Crippen molar-refractivity contribution in [1.29, 1.82) is 0 Å². The van der Waals surface area contributed by atoms with Crippen molar-refractivity contribution in [3.63, 3.8) is 0 Å². The van der Waals surface area contributed by atoms with Crippen molar-refractivity contribution in [3.05, 3.63) is 52.3 Å². The molecule has 1 N–H and O–H groups in total. The smallest absolute Gasteiger partial charge is 0.0662 e. The topological polar surface area (TPSA) is 29.9 Å². The van der Waals surface area contributed by atoms with Gasteiger partial charge in [0.15, 0.2) is 0 Å². The standard InChI is InChI=1S/C16H22BrN3/c1-16(2,3)18-9-8-13-6-4-5-7-14(13)11-20-12-15(17)10-19-20/h4-7,10,12,18H,8-9,11H2,1-3H3. The maximum absolute atomic E-state index is 4.33. The molecule has 1 aromatic heterocycles. The third kappa shape index (κ3) is 4.76. The minimum absolute atomic E-state index is 0.168. The summed E-state index contributed by atoms with van der Waals surface area (Å²) in [5.41, 5.74) is 2.89. The number of nitrogens with zero attached hydrogens (tertiary/aromatic N) is 2. The molecule has 0 atom stereocenters. The summed E-state index contributed by atoms with van der Waals surface area (Å²) in [7, 11) is 0. The van der Waals surface area contributed by atoms with Gasteiger partial charge in [0.2, 0.25) is 0 Å². The molecule has 2 aromatic rings. The highest BCUT2D eigenvalue weighted by Gasteiger charge is 2.09. The minimum Gasteiger partial charge on any atom is -0.312 e. The fraction of sp³-hybridized carbons (Fsp3) is 0.438. The molecular formula is C16H22BrN3. The van der Waals surface area contributed by atoms with Gasteiger partial charge < -0.3 is 5.32 Å². The van der Waals surface area contributed by atoms with Crippen molar-refractivity contribution in [2.45, 2.75) is 39.3 Å². The summed E-state index contributed by atoms with van der Waals surface area (Å²) in [5, 5.41) is 7.86. The molecule has 0 unspecified atom stereocenters. The van der Waals surface area contributed by atoms with E-state index in [1.807, 2.05) is 17.1 Å². The van der Waals surface area contributed by atoms with Crippen LogP contribution >= 0.6 is 15.9 Å². The second kappa shape index (κ2) is 6.55. The first-order chi connectivity index (χ1) is 9.44. The van der Waals surface area contributed by atoms with E-state index >= 15 is 0 Å². The highest BCUT2D eigenvalue weighted by atomic mass is 79.9. The lowest BCUT2D eigenvalue weighted by molar-refractivity contribution is 0.429. The maximum Gasteiger partial charge on any atom is 0.0662 e. The maximum atomic E-state index is 4.33. The number of aromatic nitrogens is 2. The van der Waals surface area contributed by atoms with Crippen LogP contribution in [-0.4, -0.2) is 21.9 Å². The van der Waals surface area contributed by atoms with Gasteiger partial charge >= 0.3 is 0 Å². The molecule has 20 heavy (non-hydrogen) atoms. The minimum atomic E-state index is 0.168. The molecular weight excluding hydrogens is 314 g/mol. The predicted octanol–water partition coefficient (Wildman–Crippen LogP) is 3.62. The molecule has 0 aliphatic heterocycles. The van der Waals surface area contributed by atoms with Gasteiger partial charge in [-0.1, -0.05) is 24.3 Å². The zero-order chi connectivity index (χ0) is 14.6. The van der Waals surface area contributed by atoms with Crippen molar-refractivity contribution < 1.29 is 0 Å². The molecule has 108 valence electrons. The number of rotatable bonds is 5. The van der Waals surface area contributed by atoms with Gasteiger partial charge in [0.1, 0.15) is 0 Å². The lowest BCUT2D eigenvalue weighted by Crippen LogP contribution is -2.37. The van der Waals surface area contributed by atoms with Gasteiger partial charge in [0, 0.05) is 11.7 Å². The summed E-state index contributed by atoms with van der Waals surface area (Å²) < 4.78 is 2.98. The van der Waals surface area contributed by atoms with Crippen molar-refractivity contribution in [2.75, 3.05) is 6.54 Å². The first-order valence-corrected chi connectivity index (χ1v) is 7.73. The lowest BCUT2D eigenvalue weighted by atomic mass is 10.0. The van der Waals surface area contributed by atoms with Gasteiger partial charge in [-0.15, -0.1) is 0 Å². The molecule has 0 aliphatic carbocycles. The Kier molecular flexibility index (Phi) is 5.00. The molecule has 0 saturated heterocycles. The third-order valence-electron chi connectivity index (χ3n) is 3.10. The Bertz CT molecular complexity index is 555. The summed E-state index contributed by atoms with van der Waals surface area (Å²) in [5.74, 6) is 0. The summed E-state index contributed by atoms with van der Waals surface area (Å²) in [6, 6.07) is 8.59. The lowest BCUT2D eigenvalue weighted by Gasteiger charge is -2.21. The van der Waals surface area contributed by atoms with Crippen LogP contribution in [0.25, 0.3) is 0 Å². The molecule has 0 radical (unpaired) electrons. The zero-order valence-electron chi connectivity index (χ0n) is 12.4.